The lowest BCUT2D eigenvalue weighted by molar-refractivity contribution is -0.150. The lowest BCUT2D eigenvalue weighted by Crippen LogP contribution is -2.54. The van der Waals surface area contributed by atoms with E-state index in [-0.39, 0.29) is 105 Å². The van der Waals surface area contributed by atoms with Gasteiger partial charge in [0.1, 0.15) is 16.7 Å². The summed E-state index contributed by atoms with van der Waals surface area (Å²) < 4.78 is 11.2. The average Bonchev–Trinajstić information content (AvgIpc) is 3.90. The largest absolute Gasteiger partial charge is 0.481 e. The van der Waals surface area contributed by atoms with E-state index in [9.17, 15) is 48.3 Å². The number of nitrogens with one attached hydrogen (secondary N) is 4. The first-order chi connectivity index (χ1) is 37.9. The number of Topliss-reactive ketones (excluding diaryl/α,β-unsaturated/α-hetero) is 2. The zero-order chi connectivity index (χ0) is 59.6. The summed E-state index contributed by atoms with van der Waals surface area (Å²) in [6.45, 7) is 18.6. The van der Waals surface area contributed by atoms with Crippen molar-refractivity contribution >= 4 is 64.5 Å². The van der Waals surface area contributed by atoms with Crippen LogP contribution in [0.15, 0.2) is 29.6 Å². The number of carboxylic acids is 1. The van der Waals surface area contributed by atoms with Crippen LogP contribution in [0.1, 0.15) is 166 Å². The van der Waals surface area contributed by atoms with E-state index in [4.69, 9.17) is 20.9 Å². The number of ether oxygens (including phenoxy) is 2. The molecular weight excluding hydrogens is 1050 g/mol. The number of rotatable bonds is 37. The Morgan fingerprint density at radius 1 is 0.912 bits per heavy atom. The van der Waals surface area contributed by atoms with E-state index < -0.39 is 77.8 Å². The van der Waals surface area contributed by atoms with Gasteiger partial charge in [-0.1, -0.05) is 92.5 Å². The zero-order valence-corrected chi connectivity index (χ0v) is 49.8. The number of carboxylic acid groups (broad SMARTS) is 1. The van der Waals surface area contributed by atoms with E-state index >= 15 is 0 Å². The number of likely N-dealkylation sites (N-methyl/N-ethyl adjacent to an activating group) is 1. The maximum absolute atomic E-state index is 14.8. The molecule has 1 aromatic heterocycles. The first-order valence-electron chi connectivity index (χ1n) is 28.6. The lowest BCUT2D eigenvalue weighted by Gasteiger charge is -2.39. The van der Waals surface area contributed by atoms with Gasteiger partial charge in [0.05, 0.1) is 31.2 Å². The summed E-state index contributed by atoms with van der Waals surface area (Å²) in [6, 6.07) is 3.07. The van der Waals surface area contributed by atoms with Gasteiger partial charge in [-0.3, -0.25) is 43.3 Å². The minimum absolute atomic E-state index is 0.0138. The third kappa shape index (κ3) is 23.0. The Bertz CT molecular complexity index is 2330. The van der Waals surface area contributed by atoms with Crippen LogP contribution >= 0.6 is 11.3 Å². The molecule has 0 radical (unpaired) electrons. The zero-order valence-electron chi connectivity index (χ0n) is 49.0. The number of ketones is 2. The number of nitrogens with two attached hydrogens (primary N) is 2. The summed E-state index contributed by atoms with van der Waals surface area (Å²) >= 11 is 1.14. The van der Waals surface area contributed by atoms with Crippen LogP contribution in [-0.2, 0) is 55.9 Å². The number of piperidine rings is 1. The molecule has 21 nitrogen and oxygen atoms in total. The van der Waals surface area contributed by atoms with Crippen LogP contribution in [0.5, 0.6) is 0 Å². The normalized spacial score (nSPS) is 16.7. The molecule has 0 aliphatic carbocycles. The maximum Gasteiger partial charge on any atom is 0.312 e. The number of aliphatic carboxylic acids is 1. The molecule has 0 saturated carbocycles. The molecule has 9 atom stereocenters. The van der Waals surface area contributed by atoms with Crippen molar-refractivity contribution in [1.82, 2.24) is 36.1 Å². The van der Waals surface area contributed by atoms with E-state index in [1.165, 1.54) is 6.92 Å². The van der Waals surface area contributed by atoms with Crippen LogP contribution in [-0.4, -0.2) is 150 Å². The number of hydrogen-bond acceptors (Lipinski definition) is 15. The van der Waals surface area contributed by atoms with Crippen molar-refractivity contribution in [3.63, 3.8) is 0 Å². The molecule has 0 unspecified atom stereocenters. The van der Waals surface area contributed by atoms with Gasteiger partial charge in [0.15, 0.2) is 17.7 Å². The molecule has 2 heterocycles. The fourth-order valence-electron chi connectivity index (χ4n) is 10.1. The second-order valence-electron chi connectivity index (χ2n) is 22.1. The van der Waals surface area contributed by atoms with Gasteiger partial charge in [0.2, 0.25) is 17.7 Å². The number of aromatic nitrogens is 1. The van der Waals surface area contributed by atoms with Gasteiger partial charge in [-0.15, -0.1) is 11.3 Å². The molecule has 448 valence electrons. The maximum atomic E-state index is 14.8. The Kier molecular flexibility index (Phi) is 30.0. The number of hydrogen-bond donors (Lipinski definition) is 7. The Balaban J connectivity index is 1.84. The van der Waals surface area contributed by atoms with Gasteiger partial charge < -0.3 is 52.2 Å². The highest BCUT2D eigenvalue weighted by Gasteiger charge is 2.39. The molecule has 0 spiro atoms. The predicted octanol–water partition coefficient (Wildman–Crippen LogP) is 5.51. The molecule has 1 aromatic carbocycles. The van der Waals surface area contributed by atoms with E-state index in [0.717, 1.165) is 42.7 Å². The lowest BCUT2D eigenvalue weighted by atomic mass is 9.82. The Morgan fingerprint density at radius 2 is 1.60 bits per heavy atom. The monoisotopic (exact) mass is 1140 g/mol. The molecule has 1 saturated heterocycles. The second-order valence-corrected chi connectivity index (χ2v) is 23.0. The standard InChI is InChI=1S/C58H93N9O12S/c1-11-25-67(56(74)43(37(7)12-2)32-49(70)46-17-13-14-26-66(46)10)47(35(3)4)33-50(79-39(9)68)55-64-45(34-80-55)53(72)62-42(29-38(8)57(75)76)30-40-18-20-41(21-19-40)31-48(69)44(16-15-24-61-58(60)77)63-54(73)52(36(5)6)65-51(71)22-27-78-28-23-59/h18-21,34-38,42-44,46-47,50,52H,11-17,22-33,59H2,1-10H3,(H,62,72)(H,63,73)(H,65,71)(H,75,76)(H3,60,61,77)/t37-,38-,42+,43-,44-,46+,47+,50+,52-/m0/s1. The van der Waals surface area contributed by atoms with E-state index in [2.05, 4.69) is 31.2 Å². The van der Waals surface area contributed by atoms with Gasteiger partial charge in [-0.05, 0) is 87.4 Å². The summed E-state index contributed by atoms with van der Waals surface area (Å²) in [7, 11) is 1.97. The topological polar surface area (TPSA) is 312 Å². The fraction of sp³-hybridized carbons (Fsp3) is 0.690. The van der Waals surface area contributed by atoms with Crippen LogP contribution < -0.4 is 32.7 Å². The SMILES string of the molecule is CCCN(C(=O)[C@@H](CC(=O)[C@H]1CCCCN1C)[C@@H](C)CC)[C@H](C[C@@H](OC(C)=O)c1nc(C(=O)N[C@@H](Cc2ccc(CC(=O)[C@H](CCCNC(N)=O)NC(=O)[C@@H](NC(=O)CCOCCN)C(C)C)cc2)C[C@H](C)C(=O)O)cs1)C(C)C. The molecule has 0 bridgehead atoms. The quantitative estimate of drug-likeness (QED) is 0.0324. The molecule has 1 aliphatic heterocycles. The van der Waals surface area contributed by atoms with Gasteiger partial charge in [0.25, 0.3) is 5.91 Å². The van der Waals surface area contributed by atoms with Crippen molar-refractivity contribution in [1.29, 1.82) is 0 Å². The van der Waals surface area contributed by atoms with Crippen LogP contribution in [0, 0.1) is 29.6 Å². The molecule has 1 aliphatic rings. The number of urea groups is 1. The number of carbonyl (C=O) groups excluding carboxylic acids is 8. The molecule has 1 fully saturated rings. The number of primary amides is 1. The van der Waals surface area contributed by atoms with Crippen molar-refractivity contribution in [2.24, 2.45) is 41.1 Å². The summed E-state index contributed by atoms with van der Waals surface area (Å²) in [4.78, 5) is 128. The van der Waals surface area contributed by atoms with E-state index in [1.54, 1.807) is 50.4 Å². The fourth-order valence-corrected chi connectivity index (χ4v) is 10.9. The highest BCUT2D eigenvalue weighted by atomic mass is 32.1. The Labute approximate surface area is 477 Å². The molecule has 80 heavy (non-hydrogen) atoms. The second kappa shape index (κ2) is 35.1. The predicted molar refractivity (Wildman–Crippen MR) is 306 cm³/mol. The van der Waals surface area contributed by atoms with Gasteiger partial charge in [-0.2, -0.15) is 0 Å². The average molecular weight is 1140 g/mol. The minimum atomic E-state index is -1.05. The van der Waals surface area contributed by atoms with Crippen LogP contribution in [0.2, 0.25) is 0 Å². The number of nitrogens with zero attached hydrogens (tertiary/aromatic N) is 3. The van der Waals surface area contributed by atoms with Crippen molar-refractivity contribution in [2.75, 3.05) is 46.4 Å². The first kappa shape index (κ1) is 68.4. The molecule has 9 N–H and O–H groups in total. The van der Waals surface area contributed by atoms with Crippen LogP contribution in [0.25, 0.3) is 0 Å². The Hall–Kier alpha value is -5.84. The first-order valence-corrected chi connectivity index (χ1v) is 29.5. The highest BCUT2D eigenvalue weighted by Crippen LogP contribution is 2.34. The molecule has 22 heteroatoms. The number of benzene rings is 1. The minimum Gasteiger partial charge on any atom is -0.481 e. The smallest absolute Gasteiger partial charge is 0.312 e. The third-order valence-corrected chi connectivity index (χ3v) is 15.8. The summed E-state index contributed by atoms with van der Waals surface area (Å²) in [6.07, 6.45) is 4.28. The van der Waals surface area contributed by atoms with Crippen molar-refractivity contribution < 1.29 is 57.7 Å². The van der Waals surface area contributed by atoms with Crippen molar-refractivity contribution in [3.05, 3.63) is 51.5 Å². The van der Waals surface area contributed by atoms with Gasteiger partial charge >= 0.3 is 18.0 Å². The van der Waals surface area contributed by atoms with Crippen molar-refractivity contribution in [2.45, 2.75) is 182 Å². The molecule has 2 aromatic rings. The number of esters is 1. The number of amides is 6. The summed E-state index contributed by atoms with van der Waals surface area (Å²) in [5.74, 6) is -5.30. The number of likely N-dealkylation sites (tertiary alicyclic amines) is 1. The van der Waals surface area contributed by atoms with Crippen LogP contribution in [0.4, 0.5) is 4.79 Å². The molecular formula is C58H93N9O12S. The highest BCUT2D eigenvalue weighted by molar-refractivity contribution is 7.09. The molecule has 6 amide bonds. The van der Waals surface area contributed by atoms with Gasteiger partial charge in [-0.25, -0.2) is 9.78 Å². The number of carbonyl (C=O) groups is 9. The Morgan fingerprint density at radius 3 is 2.19 bits per heavy atom. The number of thiazole rings is 1. The third-order valence-electron chi connectivity index (χ3n) is 14.9. The van der Waals surface area contributed by atoms with E-state index in [0.29, 0.717) is 49.5 Å². The summed E-state index contributed by atoms with van der Waals surface area (Å²) in [5.41, 5.74) is 12.1. The molecule has 3 rings (SSSR count). The van der Waals surface area contributed by atoms with Gasteiger partial charge in [0, 0.05) is 75.6 Å². The van der Waals surface area contributed by atoms with Crippen LogP contribution in [0.3, 0.4) is 0 Å². The summed E-state index contributed by atoms with van der Waals surface area (Å²) in [5, 5.41) is 22.8. The van der Waals surface area contributed by atoms with E-state index in [1.807, 2.05) is 46.6 Å². The van der Waals surface area contributed by atoms with Crippen molar-refractivity contribution in [3.8, 4) is 0 Å².